The van der Waals surface area contributed by atoms with E-state index in [1.165, 1.54) is 31.0 Å². The largest absolute Gasteiger partial charge is 0.476 e. The Morgan fingerprint density at radius 2 is 2.04 bits per heavy atom. The first kappa shape index (κ1) is 16.3. The molecule has 25 heavy (non-hydrogen) atoms. The highest BCUT2D eigenvalue weighted by Crippen LogP contribution is 2.43. The molecular weight excluding hydrogens is 322 g/mol. The molecule has 1 atom stereocenters. The Balaban J connectivity index is 1.55. The molecule has 1 amide bonds. The number of ether oxygens (including phenoxy) is 2. The fraction of sp³-hybridized carbons (Fsp3) is 0.667. The Hall–Kier alpha value is -2.18. The van der Waals surface area contributed by atoms with Crippen molar-refractivity contribution in [2.45, 2.75) is 50.5 Å². The monoisotopic (exact) mass is 345 g/mol. The predicted octanol–water partition coefficient (Wildman–Crippen LogP) is 1.92. The van der Waals surface area contributed by atoms with Crippen molar-refractivity contribution in [1.29, 1.82) is 0 Å². The summed E-state index contributed by atoms with van der Waals surface area (Å²) in [5.41, 5.74) is 1.11. The van der Waals surface area contributed by atoms with Gasteiger partial charge in [0.25, 0.3) is 5.91 Å². The highest BCUT2D eigenvalue weighted by atomic mass is 16.5. The third-order valence-corrected chi connectivity index (χ3v) is 5.09. The number of hydrogen-bond donors (Lipinski definition) is 0. The number of amides is 1. The quantitative estimate of drug-likeness (QED) is 0.733. The zero-order valence-corrected chi connectivity index (χ0v) is 14.4. The number of hydrogen-bond acceptors (Lipinski definition) is 6. The molecule has 7 nitrogen and oxygen atoms in total. The van der Waals surface area contributed by atoms with Crippen molar-refractivity contribution < 1.29 is 19.1 Å². The van der Waals surface area contributed by atoms with Crippen molar-refractivity contribution in [2.24, 2.45) is 5.92 Å². The van der Waals surface area contributed by atoms with Crippen LogP contribution in [0.3, 0.4) is 0 Å². The normalized spacial score (nSPS) is 22.8. The van der Waals surface area contributed by atoms with Gasteiger partial charge in [0.05, 0.1) is 19.9 Å². The maximum Gasteiger partial charge on any atom is 0.328 e. The Morgan fingerprint density at radius 1 is 1.24 bits per heavy atom. The van der Waals surface area contributed by atoms with Crippen molar-refractivity contribution in [3.8, 4) is 5.88 Å². The van der Waals surface area contributed by atoms with E-state index in [0.717, 1.165) is 25.0 Å². The maximum atomic E-state index is 12.8. The first-order valence-electron chi connectivity index (χ1n) is 9.06. The Labute approximate surface area is 146 Å². The van der Waals surface area contributed by atoms with E-state index < -0.39 is 6.04 Å². The van der Waals surface area contributed by atoms with Crippen LogP contribution in [0.5, 0.6) is 5.88 Å². The van der Waals surface area contributed by atoms with Gasteiger partial charge in [-0.05, 0) is 44.4 Å². The highest BCUT2D eigenvalue weighted by molar-refractivity contribution is 5.95. The van der Waals surface area contributed by atoms with Crippen LogP contribution >= 0.6 is 0 Å². The molecule has 0 N–H and O–H groups in total. The lowest BCUT2D eigenvalue weighted by molar-refractivity contribution is -0.145. The van der Waals surface area contributed by atoms with Gasteiger partial charge < -0.3 is 14.4 Å². The van der Waals surface area contributed by atoms with Crippen LogP contribution in [0.4, 0.5) is 0 Å². The summed E-state index contributed by atoms with van der Waals surface area (Å²) in [5.74, 6) is 0.850. The van der Waals surface area contributed by atoms with E-state index >= 15 is 0 Å². The first-order valence-corrected chi connectivity index (χ1v) is 9.06. The number of likely N-dealkylation sites (tertiary alicyclic amines) is 1. The fourth-order valence-corrected chi connectivity index (χ4v) is 3.25. The van der Waals surface area contributed by atoms with E-state index in [4.69, 9.17) is 9.47 Å². The number of methoxy groups -OCH3 is 1. The summed E-state index contributed by atoms with van der Waals surface area (Å²) >= 11 is 0. The van der Waals surface area contributed by atoms with Gasteiger partial charge in [0.15, 0.2) is 5.69 Å². The van der Waals surface area contributed by atoms with Crippen molar-refractivity contribution in [3.63, 3.8) is 0 Å². The van der Waals surface area contributed by atoms with E-state index in [9.17, 15) is 9.59 Å². The molecule has 3 aliphatic rings. The smallest absolute Gasteiger partial charge is 0.328 e. The standard InChI is InChI=1S/C18H23N3O4/c1-24-18(23)14-3-2-8-21(14)17(22)13-9-19-15(12-6-7-12)16(20-13)25-10-11-4-5-11/h9,11-12,14H,2-8,10H2,1H3. The molecule has 1 saturated heterocycles. The minimum absolute atomic E-state index is 0.242. The second kappa shape index (κ2) is 6.61. The van der Waals surface area contributed by atoms with E-state index in [1.54, 1.807) is 0 Å². The first-order chi connectivity index (χ1) is 12.2. The summed E-state index contributed by atoms with van der Waals surface area (Å²) in [6.07, 6.45) is 7.50. The summed E-state index contributed by atoms with van der Waals surface area (Å²) in [6.45, 7) is 1.17. The molecule has 4 rings (SSSR count). The van der Waals surface area contributed by atoms with Gasteiger partial charge in [-0.25, -0.2) is 9.78 Å². The molecular formula is C18H23N3O4. The highest BCUT2D eigenvalue weighted by Gasteiger charge is 2.37. The zero-order chi connectivity index (χ0) is 17.4. The average molecular weight is 345 g/mol. The van der Waals surface area contributed by atoms with Crippen LogP contribution in [0, 0.1) is 5.92 Å². The predicted molar refractivity (Wildman–Crippen MR) is 88.3 cm³/mol. The van der Waals surface area contributed by atoms with Crippen LogP contribution in [-0.2, 0) is 9.53 Å². The zero-order valence-electron chi connectivity index (χ0n) is 14.4. The van der Waals surface area contributed by atoms with Gasteiger partial charge in [0.2, 0.25) is 5.88 Å². The summed E-state index contributed by atoms with van der Waals surface area (Å²) < 4.78 is 10.7. The minimum Gasteiger partial charge on any atom is -0.476 e. The maximum absolute atomic E-state index is 12.8. The van der Waals surface area contributed by atoms with Crippen LogP contribution in [0.15, 0.2) is 6.20 Å². The van der Waals surface area contributed by atoms with E-state index in [2.05, 4.69) is 9.97 Å². The average Bonchev–Trinajstić information content (AvgIpc) is 3.56. The molecule has 2 saturated carbocycles. The summed E-state index contributed by atoms with van der Waals surface area (Å²) in [4.78, 5) is 35.2. The number of rotatable bonds is 6. The second-order valence-corrected chi connectivity index (χ2v) is 7.15. The van der Waals surface area contributed by atoms with E-state index in [-0.39, 0.29) is 17.6 Å². The summed E-state index contributed by atoms with van der Waals surface area (Å²) in [5, 5.41) is 0. The number of aromatic nitrogens is 2. The van der Waals surface area contributed by atoms with Crippen molar-refractivity contribution in [2.75, 3.05) is 20.3 Å². The van der Waals surface area contributed by atoms with Gasteiger partial charge in [-0.15, -0.1) is 0 Å². The molecule has 0 aromatic carbocycles. The SMILES string of the molecule is COC(=O)C1CCCN1C(=O)c1cnc(C2CC2)c(OCC2CC2)n1. The van der Waals surface area contributed by atoms with Crippen LogP contribution in [0.1, 0.15) is 60.6 Å². The minimum atomic E-state index is -0.529. The molecule has 2 heterocycles. The topological polar surface area (TPSA) is 81.6 Å². The van der Waals surface area contributed by atoms with Crippen molar-refractivity contribution in [1.82, 2.24) is 14.9 Å². The molecule has 134 valence electrons. The lowest BCUT2D eigenvalue weighted by atomic mass is 10.2. The molecule has 1 aromatic heterocycles. The van der Waals surface area contributed by atoms with E-state index in [1.807, 2.05) is 0 Å². The second-order valence-electron chi connectivity index (χ2n) is 7.15. The van der Waals surface area contributed by atoms with Gasteiger partial charge >= 0.3 is 5.97 Å². The van der Waals surface area contributed by atoms with Gasteiger partial charge in [-0.1, -0.05) is 0 Å². The lowest BCUT2D eigenvalue weighted by Gasteiger charge is -2.22. The molecule has 0 spiro atoms. The van der Waals surface area contributed by atoms with Gasteiger partial charge in [0.1, 0.15) is 11.7 Å². The summed E-state index contributed by atoms with van der Waals surface area (Å²) in [7, 11) is 1.34. The van der Waals surface area contributed by atoms with Gasteiger partial charge in [-0.2, -0.15) is 0 Å². The van der Waals surface area contributed by atoms with E-state index in [0.29, 0.717) is 37.3 Å². The molecule has 3 fully saturated rings. The van der Waals surface area contributed by atoms with Gasteiger partial charge in [-0.3, -0.25) is 9.78 Å². The number of esters is 1. The molecule has 7 heteroatoms. The third kappa shape index (κ3) is 3.45. The number of nitrogens with zero attached hydrogens (tertiary/aromatic N) is 3. The Morgan fingerprint density at radius 3 is 2.72 bits per heavy atom. The number of carbonyl (C=O) groups excluding carboxylic acids is 2. The molecule has 1 aromatic rings. The molecule has 1 unspecified atom stereocenters. The number of carbonyl (C=O) groups is 2. The van der Waals surface area contributed by atoms with Crippen molar-refractivity contribution in [3.05, 3.63) is 17.6 Å². The fourth-order valence-electron chi connectivity index (χ4n) is 3.25. The van der Waals surface area contributed by atoms with Crippen LogP contribution in [0.2, 0.25) is 0 Å². The lowest BCUT2D eigenvalue weighted by Crippen LogP contribution is -2.41. The Kier molecular flexibility index (Phi) is 4.31. The van der Waals surface area contributed by atoms with Crippen LogP contribution < -0.4 is 4.74 Å². The van der Waals surface area contributed by atoms with Crippen LogP contribution in [0.25, 0.3) is 0 Å². The molecule has 0 bridgehead atoms. The molecule has 2 aliphatic carbocycles. The van der Waals surface area contributed by atoms with Gasteiger partial charge in [0, 0.05) is 12.5 Å². The Bertz CT molecular complexity index is 685. The molecule has 1 aliphatic heterocycles. The third-order valence-electron chi connectivity index (χ3n) is 5.09. The summed E-state index contributed by atoms with van der Waals surface area (Å²) in [6, 6.07) is -0.529. The van der Waals surface area contributed by atoms with Crippen molar-refractivity contribution >= 4 is 11.9 Å². The molecule has 0 radical (unpaired) electrons. The van der Waals surface area contributed by atoms with Crippen LogP contribution in [-0.4, -0.2) is 53.0 Å².